The maximum Gasteiger partial charge on any atom is 0.405 e. The Hall–Kier alpha value is -2.11. The molecule has 1 aromatic carbocycles. The molecule has 0 saturated heterocycles. The predicted octanol–water partition coefficient (Wildman–Crippen LogP) is 1.75. The fraction of sp³-hybridized carbons (Fsp3) is 0.222. The van der Waals surface area contributed by atoms with Crippen molar-refractivity contribution in [1.82, 2.24) is 0 Å². The number of benzene rings is 1. The lowest BCUT2D eigenvalue weighted by Crippen LogP contribution is -2.16. The maximum absolute atomic E-state index is 10.6. The molecule has 1 aromatic rings. The number of hydrogen-bond acceptors (Lipinski definition) is 4. The van der Waals surface area contributed by atoms with Crippen molar-refractivity contribution in [2.75, 3.05) is 0 Å². The molecule has 0 aliphatic rings. The van der Waals surface area contributed by atoms with Crippen molar-refractivity contribution in [3.63, 3.8) is 0 Å². The third-order valence-corrected chi connectivity index (χ3v) is 1.86. The van der Waals surface area contributed by atoms with Crippen LogP contribution in [0.2, 0.25) is 0 Å². The van der Waals surface area contributed by atoms with Gasteiger partial charge in [0.15, 0.2) is 0 Å². The molecular formula is C9H10N2O4. The van der Waals surface area contributed by atoms with Gasteiger partial charge in [-0.1, -0.05) is 12.1 Å². The van der Waals surface area contributed by atoms with Crippen LogP contribution >= 0.6 is 0 Å². The highest BCUT2D eigenvalue weighted by atomic mass is 16.6. The molecule has 0 fully saturated rings. The summed E-state index contributed by atoms with van der Waals surface area (Å²) in [5.41, 5.74) is 5.06. The average Bonchev–Trinajstić information content (AvgIpc) is 2.16. The number of rotatable bonds is 3. The van der Waals surface area contributed by atoms with Crippen LogP contribution in [0.1, 0.15) is 18.6 Å². The molecule has 1 atom stereocenters. The fourth-order valence-corrected chi connectivity index (χ4v) is 1.24. The molecule has 15 heavy (non-hydrogen) atoms. The minimum Gasteiger partial charge on any atom is -0.442 e. The standard InChI is InChI=1S/C9H10N2O4/c1-6(15-9(10)12)7-4-2-3-5-8(7)11(13)14/h2-6H,1H3,(H2,10,12). The Labute approximate surface area is 85.8 Å². The normalized spacial score (nSPS) is 11.8. The Morgan fingerprint density at radius 2 is 2.13 bits per heavy atom. The molecule has 1 unspecified atom stereocenters. The smallest absolute Gasteiger partial charge is 0.405 e. The zero-order chi connectivity index (χ0) is 11.4. The summed E-state index contributed by atoms with van der Waals surface area (Å²) in [6, 6.07) is 6.03. The van der Waals surface area contributed by atoms with E-state index in [0.717, 1.165) is 0 Å². The molecule has 0 aliphatic carbocycles. The van der Waals surface area contributed by atoms with E-state index in [1.807, 2.05) is 0 Å². The van der Waals surface area contributed by atoms with Crippen molar-refractivity contribution < 1.29 is 14.5 Å². The van der Waals surface area contributed by atoms with Crippen LogP contribution in [0, 0.1) is 10.1 Å². The van der Waals surface area contributed by atoms with Gasteiger partial charge in [0.25, 0.3) is 5.69 Å². The fourth-order valence-electron chi connectivity index (χ4n) is 1.24. The number of ether oxygens (including phenoxy) is 1. The van der Waals surface area contributed by atoms with E-state index >= 15 is 0 Å². The summed E-state index contributed by atoms with van der Waals surface area (Å²) in [7, 11) is 0. The van der Waals surface area contributed by atoms with Gasteiger partial charge in [0.2, 0.25) is 0 Å². The van der Waals surface area contributed by atoms with Gasteiger partial charge in [0, 0.05) is 6.07 Å². The van der Waals surface area contributed by atoms with Crippen molar-refractivity contribution in [3.8, 4) is 0 Å². The zero-order valence-electron chi connectivity index (χ0n) is 8.04. The Kier molecular flexibility index (Phi) is 3.22. The first kappa shape index (κ1) is 11.0. The first-order valence-electron chi connectivity index (χ1n) is 4.21. The minimum absolute atomic E-state index is 0.0914. The van der Waals surface area contributed by atoms with Crippen LogP contribution in [0.5, 0.6) is 0 Å². The highest BCUT2D eigenvalue weighted by Crippen LogP contribution is 2.26. The van der Waals surface area contributed by atoms with E-state index in [1.165, 1.54) is 19.1 Å². The van der Waals surface area contributed by atoms with Gasteiger partial charge in [0.1, 0.15) is 6.10 Å². The van der Waals surface area contributed by atoms with E-state index in [2.05, 4.69) is 4.74 Å². The largest absolute Gasteiger partial charge is 0.442 e. The van der Waals surface area contributed by atoms with Gasteiger partial charge in [0.05, 0.1) is 10.5 Å². The number of nitrogens with two attached hydrogens (primary N) is 1. The Morgan fingerprint density at radius 3 is 2.67 bits per heavy atom. The van der Waals surface area contributed by atoms with Crippen molar-refractivity contribution in [2.45, 2.75) is 13.0 Å². The second kappa shape index (κ2) is 4.41. The predicted molar refractivity (Wildman–Crippen MR) is 52.2 cm³/mol. The minimum atomic E-state index is -0.958. The molecule has 0 bridgehead atoms. The van der Waals surface area contributed by atoms with E-state index < -0.39 is 17.1 Å². The van der Waals surface area contributed by atoms with Crippen LogP contribution in [0.3, 0.4) is 0 Å². The summed E-state index contributed by atoms with van der Waals surface area (Å²) in [6.07, 6.45) is -1.69. The number of primary amides is 1. The number of nitrogens with zero attached hydrogens (tertiary/aromatic N) is 1. The topological polar surface area (TPSA) is 95.5 Å². The second-order valence-corrected chi connectivity index (χ2v) is 2.90. The van der Waals surface area contributed by atoms with Crippen LogP contribution < -0.4 is 5.73 Å². The Bertz CT molecular complexity index is 391. The van der Waals surface area contributed by atoms with Gasteiger partial charge in [-0.25, -0.2) is 4.79 Å². The summed E-state index contributed by atoms with van der Waals surface area (Å²) < 4.78 is 4.66. The van der Waals surface area contributed by atoms with Gasteiger partial charge >= 0.3 is 6.09 Å². The molecule has 0 saturated carbocycles. The summed E-state index contributed by atoms with van der Waals surface area (Å²) in [4.78, 5) is 20.6. The van der Waals surface area contributed by atoms with Crippen LogP contribution in [-0.2, 0) is 4.74 Å². The lowest BCUT2D eigenvalue weighted by atomic mass is 10.1. The van der Waals surface area contributed by atoms with E-state index in [4.69, 9.17) is 5.73 Å². The van der Waals surface area contributed by atoms with Gasteiger partial charge in [-0.2, -0.15) is 0 Å². The summed E-state index contributed by atoms with van der Waals surface area (Å²) in [5.74, 6) is 0. The van der Waals surface area contributed by atoms with E-state index in [0.29, 0.717) is 5.56 Å². The monoisotopic (exact) mass is 210 g/mol. The third-order valence-electron chi connectivity index (χ3n) is 1.86. The van der Waals surface area contributed by atoms with Crippen LogP contribution in [0.25, 0.3) is 0 Å². The van der Waals surface area contributed by atoms with Crippen LogP contribution in [-0.4, -0.2) is 11.0 Å². The van der Waals surface area contributed by atoms with Crippen LogP contribution in [0.15, 0.2) is 24.3 Å². The van der Waals surface area contributed by atoms with E-state index in [9.17, 15) is 14.9 Å². The summed E-state index contributed by atoms with van der Waals surface area (Å²) in [5, 5.41) is 10.6. The Balaban J connectivity index is 3.02. The molecule has 6 nitrogen and oxygen atoms in total. The molecule has 1 rings (SSSR count). The van der Waals surface area contributed by atoms with Crippen molar-refractivity contribution in [1.29, 1.82) is 0 Å². The lowest BCUT2D eigenvalue weighted by molar-refractivity contribution is -0.386. The van der Waals surface area contributed by atoms with Gasteiger partial charge in [-0.15, -0.1) is 0 Å². The molecule has 0 spiro atoms. The van der Waals surface area contributed by atoms with Gasteiger partial charge in [-0.05, 0) is 13.0 Å². The quantitative estimate of drug-likeness (QED) is 0.607. The maximum atomic E-state index is 10.6. The number of carbonyl (C=O) groups excluding carboxylic acids is 1. The van der Waals surface area contributed by atoms with E-state index in [1.54, 1.807) is 12.1 Å². The molecule has 6 heteroatoms. The van der Waals surface area contributed by atoms with Crippen molar-refractivity contribution in [2.24, 2.45) is 5.73 Å². The van der Waals surface area contributed by atoms with Crippen LogP contribution in [0.4, 0.5) is 10.5 Å². The number of nitro benzene ring substituents is 1. The molecule has 0 aliphatic heterocycles. The number of nitro groups is 1. The molecule has 2 N–H and O–H groups in total. The first-order chi connectivity index (χ1) is 7.02. The van der Waals surface area contributed by atoms with Crippen molar-refractivity contribution in [3.05, 3.63) is 39.9 Å². The molecule has 0 aromatic heterocycles. The molecule has 0 radical (unpaired) electrons. The zero-order valence-corrected chi connectivity index (χ0v) is 8.04. The van der Waals surface area contributed by atoms with Gasteiger partial charge < -0.3 is 10.5 Å². The van der Waals surface area contributed by atoms with Crippen molar-refractivity contribution >= 4 is 11.8 Å². The SMILES string of the molecule is CC(OC(N)=O)c1ccccc1[N+](=O)[O-]. The Morgan fingerprint density at radius 1 is 1.53 bits per heavy atom. The molecular weight excluding hydrogens is 200 g/mol. The first-order valence-corrected chi connectivity index (χ1v) is 4.21. The number of carbonyl (C=O) groups is 1. The highest BCUT2D eigenvalue weighted by Gasteiger charge is 2.19. The third kappa shape index (κ3) is 2.67. The summed E-state index contributed by atoms with van der Waals surface area (Å²) >= 11 is 0. The lowest BCUT2D eigenvalue weighted by Gasteiger charge is -2.11. The molecule has 0 heterocycles. The highest BCUT2D eigenvalue weighted by molar-refractivity contribution is 5.65. The number of hydrogen-bond donors (Lipinski definition) is 1. The average molecular weight is 210 g/mol. The second-order valence-electron chi connectivity index (χ2n) is 2.90. The number of para-hydroxylation sites is 1. The van der Waals surface area contributed by atoms with Gasteiger partial charge in [-0.3, -0.25) is 10.1 Å². The molecule has 80 valence electrons. The van der Waals surface area contributed by atoms with E-state index in [-0.39, 0.29) is 5.69 Å². The summed E-state index contributed by atoms with van der Waals surface area (Å²) in [6.45, 7) is 1.52. The molecule has 1 amide bonds. The number of amides is 1.